The van der Waals surface area contributed by atoms with Gasteiger partial charge in [0, 0.05) is 23.2 Å². The number of ether oxygens (including phenoxy) is 3. The molecular formula is C35H52N4O3. The van der Waals surface area contributed by atoms with Gasteiger partial charge in [-0.05, 0) is 54.8 Å². The minimum atomic E-state index is 0.512. The highest BCUT2D eigenvalue weighted by atomic mass is 16.5. The van der Waals surface area contributed by atoms with Crippen LogP contribution < -0.4 is 25.3 Å². The van der Waals surface area contributed by atoms with Gasteiger partial charge >= 0.3 is 0 Å². The van der Waals surface area contributed by atoms with Crippen molar-refractivity contribution in [2.75, 3.05) is 33.7 Å². The zero-order valence-electron chi connectivity index (χ0n) is 27.4. The summed E-state index contributed by atoms with van der Waals surface area (Å²) in [6, 6.07) is 18.2. The summed E-state index contributed by atoms with van der Waals surface area (Å²) in [5.74, 6) is 3.38. The zero-order valence-corrected chi connectivity index (χ0v) is 27.4. The average molecular weight is 577 g/mol. The maximum atomic E-state index is 5.62. The lowest BCUT2D eigenvalue weighted by atomic mass is 9.94. The third kappa shape index (κ3) is 10.2. The van der Waals surface area contributed by atoms with E-state index in [-0.39, 0.29) is 0 Å². The number of anilines is 2. The van der Waals surface area contributed by atoms with E-state index in [1.807, 2.05) is 62.5 Å². The van der Waals surface area contributed by atoms with Crippen molar-refractivity contribution in [3.05, 3.63) is 66.4 Å². The Morgan fingerprint density at radius 1 is 0.810 bits per heavy atom. The van der Waals surface area contributed by atoms with Crippen molar-refractivity contribution in [1.29, 1.82) is 0 Å². The van der Waals surface area contributed by atoms with E-state index in [1.54, 1.807) is 21.3 Å². The van der Waals surface area contributed by atoms with Gasteiger partial charge in [-0.25, -0.2) is 9.97 Å². The van der Waals surface area contributed by atoms with Crippen molar-refractivity contribution in [3.63, 3.8) is 0 Å². The van der Waals surface area contributed by atoms with Crippen LogP contribution in [-0.4, -0.2) is 38.3 Å². The Balaban J connectivity index is 0.00000116. The predicted molar refractivity (Wildman–Crippen MR) is 180 cm³/mol. The van der Waals surface area contributed by atoms with E-state index in [9.17, 15) is 0 Å². The summed E-state index contributed by atoms with van der Waals surface area (Å²) in [4.78, 5) is 9.47. The molecule has 1 aromatic heterocycles. The normalized spacial score (nSPS) is 9.90. The number of hydrogen-bond donors (Lipinski definition) is 2. The van der Waals surface area contributed by atoms with Crippen LogP contribution in [0, 0.1) is 5.92 Å². The maximum Gasteiger partial charge on any atom is 0.227 e. The monoisotopic (exact) mass is 576 g/mol. The first kappa shape index (κ1) is 36.2. The van der Waals surface area contributed by atoms with E-state index in [4.69, 9.17) is 19.2 Å². The first-order chi connectivity index (χ1) is 20.5. The molecule has 1 heterocycles. The van der Waals surface area contributed by atoms with Crippen LogP contribution in [0.15, 0.2) is 60.8 Å². The number of nitrogens with one attached hydrogen (secondary N) is 1. The van der Waals surface area contributed by atoms with Gasteiger partial charge in [0.2, 0.25) is 5.95 Å². The number of benzene rings is 3. The van der Waals surface area contributed by atoms with Gasteiger partial charge in [0.15, 0.2) is 0 Å². The van der Waals surface area contributed by atoms with Crippen molar-refractivity contribution < 1.29 is 14.2 Å². The van der Waals surface area contributed by atoms with Crippen LogP contribution in [0.5, 0.6) is 17.2 Å². The minimum absolute atomic E-state index is 0.512. The summed E-state index contributed by atoms with van der Waals surface area (Å²) < 4.78 is 16.6. The van der Waals surface area contributed by atoms with Crippen molar-refractivity contribution in [2.24, 2.45) is 11.7 Å². The Morgan fingerprint density at radius 3 is 1.98 bits per heavy atom. The van der Waals surface area contributed by atoms with E-state index < -0.39 is 0 Å². The summed E-state index contributed by atoms with van der Waals surface area (Å²) in [6.45, 7) is 12.7. The molecule has 3 aromatic carbocycles. The van der Waals surface area contributed by atoms with Gasteiger partial charge in [-0.3, -0.25) is 0 Å². The lowest BCUT2D eigenvalue weighted by molar-refractivity contribution is 0.394. The molecule has 0 bridgehead atoms. The Hall–Kier alpha value is -3.84. The van der Waals surface area contributed by atoms with Crippen molar-refractivity contribution in [2.45, 2.75) is 67.2 Å². The standard InChI is InChI=1S/C29H33N3O3.C3H8.C2H6.CH5N/c1-6-19(7-2)13-20-11-12-27(35-5)26(14-20)31-29-30-18-21-9-8-10-25(28(21)32-29)22-15-23(33-3)17-24(16-22)34-4;1-3-2;2*1-2/h8-12,14-19H,6-7,13H2,1-5H3,(H,30,31,32);3H2,1-2H3;1-2H3;2H2,1H3. The molecule has 0 atom stereocenters. The molecule has 0 amide bonds. The molecule has 7 heteroatoms. The van der Waals surface area contributed by atoms with Crippen LogP contribution in [-0.2, 0) is 6.42 Å². The number of fused-ring (bicyclic) bond motifs is 1. The summed E-state index contributed by atoms with van der Waals surface area (Å²) in [6.07, 6.45) is 6.45. The molecule has 0 aliphatic carbocycles. The second kappa shape index (κ2) is 20.1. The summed E-state index contributed by atoms with van der Waals surface area (Å²) in [7, 11) is 6.48. The van der Waals surface area contributed by atoms with Crippen LogP contribution in [0.4, 0.5) is 11.6 Å². The number of rotatable bonds is 10. The molecule has 0 spiro atoms. The molecule has 7 nitrogen and oxygen atoms in total. The Bertz CT molecular complexity index is 1300. The zero-order chi connectivity index (χ0) is 31.5. The van der Waals surface area contributed by atoms with Gasteiger partial charge in [0.05, 0.1) is 32.5 Å². The van der Waals surface area contributed by atoms with Gasteiger partial charge < -0.3 is 25.3 Å². The number of nitrogens with zero attached hydrogens (tertiary/aromatic N) is 2. The van der Waals surface area contributed by atoms with Crippen LogP contribution in [0.25, 0.3) is 22.0 Å². The number of aromatic nitrogens is 2. The molecule has 4 aromatic rings. The highest BCUT2D eigenvalue weighted by molar-refractivity contribution is 5.94. The van der Waals surface area contributed by atoms with E-state index in [2.05, 4.69) is 55.9 Å². The molecular weight excluding hydrogens is 524 g/mol. The quantitative estimate of drug-likeness (QED) is 0.194. The fraction of sp³-hybridized carbons (Fsp3) is 0.429. The first-order valence-electron chi connectivity index (χ1n) is 15.0. The molecule has 230 valence electrons. The minimum Gasteiger partial charge on any atom is -0.497 e. The smallest absolute Gasteiger partial charge is 0.227 e. The number of nitrogens with two attached hydrogens (primary N) is 1. The molecule has 0 saturated carbocycles. The van der Waals surface area contributed by atoms with Gasteiger partial charge in [-0.2, -0.15) is 0 Å². The molecule has 0 radical (unpaired) electrons. The molecule has 0 aliphatic heterocycles. The predicted octanol–water partition coefficient (Wildman–Crippen LogP) is 9.06. The largest absolute Gasteiger partial charge is 0.497 e. The Morgan fingerprint density at radius 2 is 1.43 bits per heavy atom. The van der Waals surface area contributed by atoms with E-state index >= 15 is 0 Å². The molecule has 4 rings (SSSR count). The Kier molecular flexibility index (Phi) is 17.3. The highest BCUT2D eigenvalue weighted by Gasteiger charge is 2.13. The van der Waals surface area contributed by atoms with Gasteiger partial charge in [0.1, 0.15) is 17.2 Å². The maximum absolute atomic E-state index is 5.62. The fourth-order valence-corrected chi connectivity index (χ4v) is 4.32. The van der Waals surface area contributed by atoms with Gasteiger partial charge in [-0.15, -0.1) is 0 Å². The number of methoxy groups -OCH3 is 3. The second-order valence-corrected chi connectivity index (χ2v) is 9.29. The topological polar surface area (TPSA) is 91.5 Å². The van der Waals surface area contributed by atoms with Crippen LogP contribution >= 0.6 is 0 Å². The van der Waals surface area contributed by atoms with Crippen molar-refractivity contribution >= 4 is 22.5 Å². The Labute approximate surface area is 253 Å². The first-order valence-corrected chi connectivity index (χ1v) is 15.0. The molecule has 42 heavy (non-hydrogen) atoms. The lowest BCUT2D eigenvalue weighted by Gasteiger charge is -2.16. The van der Waals surface area contributed by atoms with Crippen LogP contribution in [0.2, 0.25) is 0 Å². The van der Waals surface area contributed by atoms with Crippen molar-refractivity contribution in [3.8, 4) is 28.4 Å². The molecule has 0 aliphatic rings. The fourth-order valence-electron chi connectivity index (χ4n) is 4.32. The summed E-state index contributed by atoms with van der Waals surface area (Å²) >= 11 is 0. The molecule has 3 N–H and O–H groups in total. The van der Waals surface area contributed by atoms with E-state index in [1.165, 1.54) is 19.0 Å². The highest BCUT2D eigenvalue weighted by Crippen LogP contribution is 2.34. The second-order valence-electron chi connectivity index (χ2n) is 9.29. The average Bonchev–Trinajstić information content (AvgIpc) is 3.05. The van der Waals surface area contributed by atoms with Crippen LogP contribution in [0.1, 0.15) is 66.4 Å². The third-order valence-electron chi connectivity index (χ3n) is 6.46. The van der Waals surface area contributed by atoms with Crippen molar-refractivity contribution in [1.82, 2.24) is 9.97 Å². The summed E-state index contributed by atoms with van der Waals surface area (Å²) in [5.41, 5.74) is 9.40. The lowest BCUT2D eigenvalue weighted by Crippen LogP contribution is -2.04. The number of para-hydroxylation sites is 1. The number of hydrogen-bond acceptors (Lipinski definition) is 7. The third-order valence-corrected chi connectivity index (χ3v) is 6.46. The van der Waals surface area contributed by atoms with Gasteiger partial charge in [0.25, 0.3) is 0 Å². The van der Waals surface area contributed by atoms with E-state index in [0.29, 0.717) is 11.9 Å². The van der Waals surface area contributed by atoms with Gasteiger partial charge in [-0.1, -0.05) is 85.1 Å². The molecule has 0 saturated heterocycles. The molecule has 0 fully saturated rings. The summed E-state index contributed by atoms with van der Waals surface area (Å²) in [5, 5.41) is 4.34. The molecule has 0 unspecified atom stereocenters. The van der Waals surface area contributed by atoms with Crippen LogP contribution in [0.3, 0.4) is 0 Å². The SMILES string of the molecule is CC.CCC.CCC(CC)Cc1ccc(OC)c(Nc2ncc3cccc(-c4cc(OC)cc(OC)c4)c3n2)c1.CN. The van der Waals surface area contributed by atoms with E-state index in [0.717, 1.165) is 64.2 Å².